The van der Waals surface area contributed by atoms with Crippen molar-refractivity contribution in [2.75, 3.05) is 6.16 Å². The topological polar surface area (TPSA) is 83.8 Å². The summed E-state index contributed by atoms with van der Waals surface area (Å²) in [6.07, 6.45) is 0.112. The summed E-state index contributed by atoms with van der Waals surface area (Å²) in [5.41, 5.74) is 0. The van der Waals surface area contributed by atoms with E-state index in [1.54, 1.807) is 0 Å². The molecule has 0 saturated heterocycles. The van der Waals surface area contributed by atoms with Crippen LogP contribution in [0.25, 0.3) is 0 Å². The second-order valence-electron chi connectivity index (χ2n) is 1.22. The third-order valence-electron chi connectivity index (χ3n) is 0.456. The van der Waals surface area contributed by atoms with E-state index in [0.717, 1.165) is 0 Å². The van der Waals surface area contributed by atoms with Crippen molar-refractivity contribution in [1.82, 2.24) is 0 Å². The summed E-state index contributed by atoms with van der Waals surface area (Å²) in [6.45, 7) is 1.51. The molecule has 0 fully saturated rings. The molecule has 0 radical (unpaired) electrons. The van der Waals surface area contributed by atoms with Crippen molar-refractivity contribution >= 4 is 33.2 Å². The summed E-state index contributed by atoms with van der Waals surface area (Å²) in [5.74, 6) is 0. The highest BCUT2D eigenvalue weighted by molar-refractivity contribution is 7.57. The van der Waals surface area contributed by atoms with Crippen molar-refractivity contribution in [2.45, 2.75) is 6.92 Å². The molecule has 0 aliphatic heterocycles. The SMILES string of the molecule is CC[P+](=O)OP(=O)(O)O.[AlH3]. The van der Waals surface area contributed by atoms with E-state index in [2.05, 4.69) is 4.31 Å². The zero-order valence-electron chi connectivity index (χ0n) is 4.72. The molecule has 1 unspecified atom stereocenters. The van der Waals surface area contributed by atoms with E-state index in [0.29, 0.717) is 0 Å². The van der Waals surface area contributed by atoms with Gasteiger partial charge in [0.1, 0.15) is 0 Å². The Morgan fingerprint density at radius 1 is 1.60 bits per heavy atom. The lowest BCUT2D eigenvalue weighted by atomic mass is 11.0. The van der Waals surface area contributed by atoms with E-state index in [9.17, 15) is 9.13 Å². The predicted molar refractivity (Wildman–Crippen MR) is 41.2 cm³/mol. The Morgan fingerprint density at radius 2 is 2.00 bits per heavy atom. The van der Waals surface area contributed by atoms with E-state index in [1.807, 2.05) is 0 Å². The maximum atomic E-state index is 10.3. The van der Waals surface area contributed by atoms with Crippen LogP contribution >= 0.6 is 15.9 Å². The Kier molecular flexibility index (Phi) is 7.20. The van der Waals surface area contributed by atoms with Gasteiger partial charge in [0.2, 0.25) is 0 Å². The Bertz CT molecular complexity index is 152. The minimum atomic E-state index is -4.52. The van der Waals surface area contributed by atoms with Crippen LogP contribution in [-0.2, 0) is 13.4 Å². The minimum absolute atomic E-state index is 0. The van der Waals surface area contributed by atoms with E-state index in [1.165, 1.54) is 6.92 Å². The molecule has 0 aliphatic carbocycles. The van der Waals surface area contributed by atoms with Gasteiger partial charge in [0.05, 0.1) is 0 Å². The summed E-state index contributed by atoms with van der Waals surface area (Å²) in [5, 5.41) is 0. The number of rotatable bonds is 3. The molecule has 1 atom stereocenters. The van der Waals surface area contributed by atoms with Gasteiger partial charge in [0.15, 0.2) is 23.5 Å². The first kappa shape index (κ1) is 13.3. The maximum Gasteiger partial charge on any atom is 0.518 e. The summed E-state index contributed by atoms with van der Waals surface area (Å²) < 4.78 is 23.9. The lowest BCUT2D eigenvalue weighted by molar-refractivity contribution is 0.288. The Labute approximate surface area is 70.0 Å². The van der Waals surface area contributed by atoms with E-state index in [4.69, 9.17) is 9.79 Å². The summed E-state index contributed by atoms with van der Waals surface area (Å²) in [4.78, 5) is 16.0. The van der Waals surface area contributed by atoms with Gasteiger partial charge in [-0.3, -0.25) is 0 Å². The molecule has 0 aromatic rings. The molecule has 0 bridgehead atoms. The van der Waals surface area contributed by atoms with Crippen LogP contribution in [-0.4, -0.2) is 33.3 Å². The molecule has 0 aromatic carbocycles. The molecule has 5 nitrogen and oxygen atoms in total. The highest BCUT2D eigenvalue weighted by Gasteiger charge is 2.29. The average molecular weight is 203 g/mol. The van der Waals surface area contributed by atoms with Crippen molar-refractivity contribution in [3.63, 3.8) is 0 Å². The Hall–Kier alpha value is 0.742. The van der Waals surface area contributed by atoms with Gasteiger partial charge < -0.3 is 9.79 Å². The lowest BCUT2D eigenvalue weighted by Crippen LogP contribution is -1.78. The van der Waals surface area contributed by atoms with Crippen LogP contribution in [0.2, 0.25) is 0 Å². The quantitative estimate of drug-likeness (QED) is 0.484. The molecule has 0 aliphatic rings. The fourth-order valence-corrected chi connectivity index (χ4v) is 1.59. The molecule has 60 valence electrons. The zero-order chi connectivity index (χ0) is 7.49. The van der Waals surface area contributed by atoms with Gasteiger partial charge in [-0.1, -0.05) is 0 Å². The molecule has 0 saturated carbocycles. The Balaban J connectivity index is 0. The summed E-state index contributed by atoms with van der Waals surface area (Å²) in [7, 11) is -6.70. The van der Waals surface area contributed by atoms with E-state index < -0.39 is 15.9 Å². The van der Waals surface area contributed by atoms with Crippen molar-refractivity contribution in [3.8, 4) is 0 Å². The molecule has 8 heteroatoms. The first-order valence-electron chi connectivity index (χ1n) is 2.15. The smallest absolute Gasteiger partial charge is 0.300 e. The molecule has 0 amide bonds. The molecular weight excluding hydrogens is 193 g/mol. The second-order valence-corrected chi connectivity index (χ2v) is 4.15. The van der Waals surface area contributed by atoms with Gasteiger partial charge in [-0.25, -0.2) is 4.57 Å². The number of phosphoric acid groups is 1. The van der Waals surface area contributed by atoms with Gasteiger partial charge in [0.25, 0.3) is 0 Å². The van der Waals surface area contributed by atoms with Crippen LogP contribution < -0.4 is 0 Å². The van der Waals surface area contributed by atoms with Gasteiger partial charge in [-0.2, -0.15) is 0 Å². The fourth-order valence-electron chi connectivity index (χ4n) is 0.176. The molecule has 10 heavy (non-hydrogen) atoms. The second kappa shape index (κ2) is 5.40. The van der Waals surface area contributed by atoms with Crippen LogP contribution in [0.15, 0.2) is 0 Å². The van der Waals surface area contributed by atoms with Gasteiger partial charge in [0, 0.05) is 0 Å². The normalized spacial score (nSPS) is 12.1. The molecule has 0 heterocycles. The highest BCUT2D eigenvalue weighted by Crippen LogP contribution is 2.46. The first-order valence-corrected chi connectivity index (χ1v) is 5.05. The van der Waals surface area contributed by atoms with E-state index in [-0.39, 0.29) is 23.5 Å². The molecule has 0 spiro atoms. The van der Waals surface area contributed by atoms with Gasteiger partial charge in [-0.15, -0.1) is 0 Å². The summed E-state index contributed by atoms with van der Waals surface area (Å²) in [6, 6.07) is 0. The molecular formula is C2H10AlO5P2+. The van der Waals surface area contributed by atoms with E-state index >= 15 is 0 Å². The van der Waals surface area contributed by atoms with Crippen LogP contribution in [0.4, 0.5) is 0 Å². The van der Waals surface area contributed by atoms with Crippen molar-refractivity contribution in [3.05, 3.63) is 0 Å². The molecule has 0 aromatic heterocycles. The third kappa shape index (κ3) is 8.74. The standard InChI is InChI=1S/C2H6O5P2.Al.3H/c1-2-8(3)7-9(4,5)6;;;;/h2H2,1H3,(H-,4,5,6);;;;/p+1. The van der Waals surface area contributed by atoms with Crippen LogP contribution in [0.3, 0.4) is 0 Å². The van der Waals surface area contributed by atoms with Crippen LogP contribution in [0, 0.1) is 0 Å². The van der Waals surface area contributed by atoms with Crippen molar-refractivity contribution in [2.24, 2.45) is 0 Å². The predicted octanol–water partition coefficient (Wildman–Crippen LogP) is -0.326. The van der Waals surface area contributed by atoms with Crippen LogP contribution in [0.5, 0.6) is 0 Å². The summed E-state index contributed by atoms with van der Waals surface area (Å²) >= 11 is 0. The highest BCUT2D eigenvalue weighted by atomic mass is 31.2. The minimum Gasteiger partial charge on any atom is -0.300 e. The molecule has 0 rings (SSSR count). The van der Waals surface area contributed by atoms with Crippen molar-refractivity contribution in [1.29, 1.82) is 0 Å². The fraction of sp³-hybridized carbons (Fsp3) is 1.00. The number of hydrogen-bond donors (Lipinski definition) is 2. The third-order valence-corrected chi connectivity index (χ3v) is 2.55. The number of hydrogen-bond acceptors (Lipinski definition) is 3. The first-order chi connectivity index (χ1) is 3.95. The lowest BCUT2D eigenvalue weighted by Gasteiger charge is -1.89. The Morgan fingerprint density at radius 3 is 2.10 bits per heavy atom. The largest absolute Gasteiger partial charge is 0.518 e. The average Bonchev–Trinajstić information content (AvgIpc) is 1.62. The molecule has 2 N–H and O–H groups in total. The zero-order valence-corrected chi connectivity index (χ0v) is 6.51. The van der Waals surface area contributed by atoms with Gasteiger partial charge in [-0.05, 0) is 15.8 Å². The van der Waals surface area contributed by atoms with Gasteiger partial charge >= 0.3 is 15.9 Å². The van der Waals surface area contributed by atoms with Crippen molar-refractivity contribution < 1.29 is 23.2 Å². The van der Waals surface area contributed by atoms with Crippen LogP contribution in [0.1, 0.15) is 6.92 Å². The monoisotopic (exact) mass is 203 g/mol. The maximum absolute atomic E-state index is 10.3.